The minimum absolute atomic E-state index is 0.235. The molecule has 0 spiro atoms. The van der Waals surface area contributed by atoms with Crippen LogP contribution >= 0.6 is 11.3 Å². The summed E-state index contributed by atoms with van der Waals surface area (Å²) >= 11 is 1.61. The number of nitriles is 1. The number of aromatic nitrogens is 1. The molecule has 2 aromatic heterocycles. The van der Waals surface area contributed by atoms with Crippen molar-refractivity contribution in [2.45, 2.75) is 39.5 Å². The van der Waals surface area contributed by atoms with E-state index in [1.165, 1.54) is 29.2 Å². The fourth-order valence-corrected chi connectivity index (χ4v) is 6.19. The molecule has 35 heavy (non-hydrogen) atoms. The number of imide groups is 2. The number of aryl methyl sites for hydroxylation is 2. The number of thiophene rings is 1. The van der Waals surface area contributed by atoms with E-state index < -0.39 is 23.7 Å². The molecule has 1 aliphatic carbocycles. The van der Waals surface area contributed by atoms with Gasteiger partial charge in [0.2, 0.25) is 0 Å². The van der Waals surface area contributed by atoms with Crippen LogP contribution in [0.15, 0.2) is 35.9 Å². The second-order valence-corrected chi connectivity index (χ2v) is 9.66. The van der Waals surface area contributed by atoms with Crippen LogP contribution in [0.2, 0.25) is 0 Å². The van der Waals surface area contributed by atoms with Gasteiger partial charge >= 0.3 is 6.03 Å². The molecule has 7 nitrogen and oxygen atoms in total. The zero-order valence-corrected chi connectivity index (χ0v) is 20.0. The monoisotopic (exact) mass is 488 g/mol. The molecule has 0 radical (unpaired) electrons. The predicted octanol–water partition coefficient (Wildman–Crippen LogP) is 4.71. The molecule has 1 N–H and O–H groups in total. The molecule has 3 aromatic rings. The fourth-order valence-electron chi connectivity index (χ4n) is 4.74. The molecule has 0 saturated carbocycles. The topological polar surface area (TPSA) is 95.2 Å². The van der Waals surface area contributed by atoms with Crippen LogP contribution in [0.3, 0.4) is 0 Å². The highest BCUT2D eigenvalue weighted by Gasteiger charge is 2.38. The van der Waals surface area contributed by atoms with E-state index in [0.29, 0.717) is 16.0 Å². The molecule has 0 unspecified atom stereocenters. The van der Waals surface area contributed by atoms with Crippen LogP contribution in [0, 0.1) is 31.0 Å². The van der Waals surface area contributed by atoms with E-state index in [1.807, 2.05) is 24.5 Å². The molecule has 5 rings (SSSR count). The molecule has 176 valence electrons. The van der Waals surface area contributed by atoms with E-state index in [-0.39, 0.29) is 11.3 Å². The van der Waals surface area contributed by atoms with Gasteiger partial charge in [-0.2, -0.15) is 5.26 Å². The number of carbonyl (C=O) groups is 3. The Morgan fingerprint density at radius 2 is 1.89 bits per heavy atom. The van der Waals surface area contributed by atoms with Crippen LogP contribution in [-0.2, 0) is 22.4 Å². The quantitative estimate of drug-likeness (QED) is 0.427. The average molecular weight is 489 g/mol. The first kappa shape index (κ1) is 22.7. The number of anilines is 1. The van der Waals surface area contributed by atoms with Crippen LogP contribution < -0.4 is 10.2 Å². The molecule has 0 atom stereocenters. The van der Waals surface area contributed by atoms with Crippen LogP contribution in [0.25, 0.3) is 11.1 Å². The Balaban J connectivity index is 1.59. The Bertz CT molecular complexity index is 1490. The molecular formula is C26H21FN4O3S. The summed E-state index contributed by atoms with van der Waals surface area (Å²) in [6, 6.07) is 8.57. The minimum Gasteiger partial charge on any atom is -0.308 e. The van der Waals surface area contributed by atoms with Crippen molar-refractivity contribution in [3.63, 3.8) is 0 Å². The summed E-state index contributed by atoms with van der Waals surface area (Å²) in [5.41, 5.74) is 3.47. The van der Waals surface area contributed by atoms with E-state index in [0.717, 1.165) is 53.7 Å². The third-order valence-electron chi connectivity index (χ3n) is 6.43. The maximum atomic E-state index is 14.3. The van der Waals surface area contributed by atoms with Gasteiger partial charge in [-0.3, -0.25) is 14.9 Å². The van der Waals surface area contributed by atoms with E-state index in [2.05, 4.69) is 11.4 Å². The number of amides is 4. The zero-order valence-electron chi connectivity index (χ0n) is 19.1. The highest BCUT2D eigenvalue weighted by atomic mass is 32.1. The SMILES string of the molecule is Cc1cc(/C=C2\C(=O)NC(=O)N(c3ccccc3F)C2=O)c(C)n1-c1sc2c(c1C#N)CCCC2. The van der Waals surface area contributed by atoms with Gasteiger partial charge in [-0.05, 0) is 74.9 Å². The molecule has 9 heteroatoms. The lowest BCUT2D eigenvalue weighted by atomic mass is 9.96. The van der Waals surface area contributed by atoms with Gasteiger partial charge in [0.1, 0.15) is 22.5 Å². The summed E-state index contributed by atoms with van der Waals surface area (Å²) in [5.74, 6) is -2.51. The smallest absolute Gasteiger partial charge is 0.308 e. The molecule has 1 aromatic carbocycles. The number of halogens is 1. The first-order valence-corrected chi connectivity index (χ1v) is 12.0. The molecule has 1 aliphatic heterocycles. The van der Waals surface area contributed by atoms with Gasteiger partial charge in [0.05, 0.1) is 11.3 Å². The molecule has 3 heterocycles. The van der Waals surface area contributed by atoms with Crippen molar-refractivity contribution in [2.24, 2.45) is 0 Å². The summed E-state index contributed by atoms with van der Waals surface area (Å²) in [7, 11) is 0. The maximum absolute atomic E-state index is 14.3. The summed E-state index contributed by atoms with van der Waals surface area (Å²) in [6.07, 6.45) is 5.43. The van der Waals surface area contributed by atoms with Gasteiger partial charge < -0.3 is 4.57 Å². The number of nitrogens with one attached hydrogen (secondary N) is 1. The number of fused-ring (bicyclic) bond motifs is 1. The molecule has 1 fully saturated rings. The fraction of sp³-hybridized carbons (Fsp3) is 0.231. The molecule has 4 amide bonds. The van der Waals surface area contributed by atoms with Crippen LogP contribution in [0.4, 0.5) is 14.9 Å². The number of hydrogen-bond acceptors (Lipinski definition) is 5. The van der Waals surface area contributed by atoms with E-state index in [4.69, 9.17) is 0 Å². The number of carbonyl (C=O) groups excluding carboxylic acids is 3. The Morgan fingerprint density at radius 3 is 2.63 bits per heavy atom. The van der Waals surface area contributed by atoms with Gasteiger partial charge in [-0.1, -0.05) is 12.1 Å². The Labute approximate surface area is 205 Å². The first-order valence-electron chi connectivity index (χ1n) is 11.2. The number of benzene rings is 1. The lowest BCUT2D eigenvalue weighted by Gasteiger charge is -2.26. The van der Waals surface area contributed by atoms with Crippen molar-refractivity contribution in [2.75, 3.05) is 4.90 Å². The largest absolute Gasteiger partial charge is 0.336 e. The van der Waals surface area contributed by atoms with E-state index in [1.54, 1.807) is 11.3 Å². The van der Waals surface area contributed by atoms with Crippen molar-refractivity contribution in [1.82, 2.24) is 9.88 Å². The predicted molar refractivity (Wildman–Crippen MR) is 130 cm³/mol. The van der Waals surface area contributed by atoms with Gasteiger partial charge in [0.25, 0.3) is 11.8 Å². The molecule has 0 bridgehead atoms. The molecule has 2 aliphatic rings. The maximum Gasteiger partial charge on any atom is 0.336 e. The normalized spacial score (nSPS) is 16.9. The molecule has 1 saturated heterocycles. The number of para-hydroxylation sites is 1. The summed E-state index contributed by atoms with van der Waals surface area (Å²) in [4.78, 5) is 40.0. The third-order valence-corrected chi connectivity index (χ3v) is 7.71. The van der Waals surface area contributed by atoms with Crippen molar-refractivity contribution in [1.29, 1.82) is 5.26 Å². The highest BCUT2D eigenvalue weighted by Crippen LogP contribution is 2.38. The van der Waals surface area contributed by atoms with Gasteiger partial charge in [-0.25, -0.2) is 14.1 Å². The van der Waals surface area contributed by atoms with Crippen LogP contribution in [-0.4, -0.2) is 22.4 Å². The number of rotatable bonds is 3. The lowest BCUT2D eigenvalue weighted by molar-refractivity contribution is -0.122. The third kappa shape index (κ3) is 3.67. The van der Waals surface area contributed by atoms with Crippen molar-refractivity contribution in [3.05, 3.63) is 74.7 Å². The van der Waals surface area contributed by atoms with Gasteiger partial charge in [0, 0.05) is 16.3 Å². The second kappa shape index (κ2) is 8.64. The van der Waals surface area contributed by atoms with Gasteiger partial charge in [0.15, 0.2) is 0 Å². The first-order chi connectivity index (χ1) is 16.8. The minimum atomic E-state index is -1.00. The van der Waals surface area contributed by atoms with E-state index in [9.17, 15) is 24.0 Å². The van der Waals surface area contributed by atoms with E-state index >= 15 is 0 Å². The summed E-state index contributed by atoms with van der Waals surface area (Å²) in [5, 5.41) is 12.9. The van der Waals surface area contributed by atoms with Crippen LogP contribution in [0.5, 0.6) is 0 Å². The Morgan fingerprint density at radius 1 is 1.14 bits per heavy atom. The lowest BCUT2D eigenvalue weighted by Crippen LogP contribution is -2.54. The van der Waals surface area contributed by atoms with Crippen molar-refractivity contribution >= 4 is 40.9 Å². The number of hydrogen-bond donors (Lipinski definition) is 1. The van der Waals surface area contributed by atoms with Crippen molar-refractivity contribution in [3.8, 4) is 11.1 Å². The second-order valence-electron chi connectivity index (χ2n) is 8.57. The molecular weight excluding hydrogens is 467 g/mol. The number of barbiturate groups is 1. The van der Waals surface area contributed by atoms with Crippen LogP contribution in [0.1, 0.15) is 45.8 Å². The number of nitrogens with zero attached hydrogens (tertiary/aromatic N) is 3. The van der Waals surface area contributed by atoms with Crippen molar-refractivity contribution < 1.29 is 18.8 Å². The Hall–Kier alpha value is -4.03. The summed E-state index contributed by atoms with van der Waals surface area (Å²) < 4.78 is 16.3. The average Bonchev–Trinajstić information content (AvgIpc) is 3.33. The number of urea groups is 1. The zero-order chi connectivity index (χ0) is 24.9. The standard InChI is InChI=1S/C26H21FN4O3S/c1-14-11-16(15(2)30(14)25-19(13-28)17-7-3-6-10-22(17)35-25)12-18-23(32)29-26(34)31(24(18)33)21-9-5-4-8-20(21)27/h4-5,8-9,11-12H,3,6-7,10H2,1-2H3,(H,29,32,34)/b18-12+. The Kier molecular flexibility index (Phi) is 5.61. The van der Waals surface area contributed by atoms with Gasteiger partial charge in [-0.15, -0.1) is 11.3 Å². The highest BCUT2D eigenvalue weighted by molar-refractivity contribution is 7.15. The summed E-state index contributed by atoms with van der Waals surface area (Å²) in [6.45, 7) is 3.75.